The SMILES string of the molecule is OC(c1cc2cccc(Cl)c2o1)C1CCC(F)(F)CC1. The number of furan rings is 1. The summed E-state index contributed by atoms with van der Waals surface area (Å²) in [5.74, 6) is -2.37. The van der Waals surface area contributed by atoms with Gasteiger partial charge in [-0.05, 0) is 30.9 Å². The van der Waals surface area contributed by atoms with Crippen molar-refractivity contribution in [1.82, 2.24) is 0 Å². The molecule has 1 heterocycles. The normalized spacial score (nSPS) is 21.2. The summed E-state index contributed by atoms with van der Waals surface area (Å²) >= 11 is 6.02. The van der Waals surface area contributed by atoms with Crippen molar-refractivity contribution in [3.63, 3.8) is 0 Å². The van der Waals surface area contributed by atoms with Crippen molar-refractivity contribution in [1.29, 1.82) is 0 Å². The Morgan fingerprint density at radius 2 is 2.00 bits per heavy atom. The number of halogens is 3. The van der Waals surface area contributed by atoms with Crippen molar-refractivity contribution in [2.45, 2.75) is 37.7 Å². The zero-order valence-corrected chi connectivity index (χ0v) is 11.5. The van der Waals surface area contributed by atoms with Crippen molar-refractivity contribution >= 4 is 22.6 Å². The van der Waals surface area contributed by atoms with Crippen LogP contribution in [0, 0.1) is 5.92 Å². The lowest BCUT2D eigenvalue weighted by atomic mass is 9.82. The largest absolute Gasteiger partial charge is 0.457 e. The molecule has 0 spiro atoms. The number of fused-ring (bicyclic) bond motifs is 1. The van der Waals surface area contributed by atoms with Gasteiger partial charge in [-0.15, -0.1) is 0 Å². The molecule has 0 bridgehead atoms. The fraction of sp³-hybridized carbons (Fsp3) is 0.467. The maximum absolute atomic E-state index is 13.1. The second kappa shape index (κ2) is 5.01. The highest BCUT2D eigenvalue weighted by molar-refractivity contribution is 6.34. The number of aliphatic hydroxyl groups excluding tert-OH is 1. The summed E-state index contributed by atoms with van der Waals surface area (Å²) in [5.41, 5.74) is 0.532. The van der Waals surface area contributed by atoms with Crippen LogP contribution in [0.4, 0.5) is 8.78 Å². The van der Waals surface area contributed by atoms with Gasteiger partial charge in [0.25, 0.3) is 0 Å². The first-order valence-electron chi connectivity index (χ1n) is 6.70. The number of aliphatic hydroxyl groups is 1. The molecule has 20 heavy (non-hydrogen) atoms. The van der Waals surface area contributed by atoms with E-state index in [1.165, 1.54) is 0 Å². The van der Waals surface area contributed by atoms with E-state index >= 15 is 0 Å². The third-order valence-electron chi connectivity index (χ3n) is 4.01. The van der Waals surface area contributed by atoms with E-state index in [9.17, 15) is 13.9 Å². The first kappa shape index (κ1) is 13.8. The van der Waals surface area contributed by atoms with Crippen molar-refractivity contribution < 1.29 is 18.3 Å². The van der Waals surface area contributed by atoms with Crippen molar-refractivity contribution in [2.24, 2.45) is 5.92 Å². The monoisotopic (exact) mass is 300 g/mol. The van der Waals surface area contributed by atoms with Gasteiger partial charge in [0.1, 0.15) is 11.9 Å². The number of alkyl halides is 2. The van der Waals surface area contributed by atoms with E-state index in [0.717, 1.165) is 5.39 Å². The summed E-state index contributed by atoms with van der Waals surface area (Å²) in [6, 6.07) is 7.09. The molecule has 0 aliphatic heterocycles. The fourth-order valence-electron chi connectivity index (χ4n) is 2.80. The smallest absolute Gasteiger partial charge is 0.248 e. The Morgan fingerprint density at radius 1 is 1.30 bits per heavy atom. The second-order valence-electron chi connectivity index (χ2n) is 5.45. The minimum Gasteiger partial charge on any atom is -0.457 e. The zero-order chi connectivity index (χ0) is 14.3. The summed E-state index contributed by atoms with van der Waals surface area (Å²) in [4.78, 5) is 0. The van der Waals surface area contributed by atoms with Gasteiger partial charge in [-0.1, -0.05) is 23.7 Å². The molecule has 1 atom stereocenters. The van der Waals surface area contributed by atoms with Crippen LogP contribution in [0.2, 0.25) is 5.02 Å². The van der Waals surface area contributed by atoms with E-state index in [0.29, 0.717) is 29.2 Å². The van der Waals surface area contributed by atoms with Crippen LogP contribution in [-0.2, 0) is 0 Å². The number of hydrogen-bond donors (Lipinski definition) is 1. The molecule has 3 rings (SSSR count). The molecule has 1 saturated carbocycles. The van der Waals surface area contributed by atoms with E-state index in [-0.39, 0.29) is 18.8 Å². The quantitative estimate of drug-likeness (QED) is 0.851. The summed E-state index contributed by atoms with van der Waals surface area (Å²) in [6.45, 7) is 0. The topological polar surface area (TPSA) is 33.4 Å². The van der Waals surface area contributed by atoms with E-state index in [4.69, 9.17) is 16.0 Å². The van der Waals surface area contributed by atoms with Gasteiger partial charge in [-0.3, -0.25) is 0 Å². The van der Waals surface area contributed by atoms with Crippen molar-refractivity contribution in [3.05, 3.63) is 35.0 Å². The molecule has 0 saturated heterocycles. The number of hydrogen-bond acceptors (Lipinski definition) is 2. The van der Waals surface area contributed by atoms with Crippen molar-refractivity contribution in [2.75, 3.05) is 0 Å². The molecule has 0 radical (unpaired) electrons. The molecule has 1 unspecified atom stereocenters. The molecule has 1 N–H and O–H groups in total. The lowest BCUT2D eigenvalue weighted by molar-refractivity contribution is -0.0650. The maximum atomic E-state index is 13.1. The number of para-hydroxylation sites is 1. The van der Waals surface area contributed by atoms with Gasteiger partial charge in [0, 0.05) is 18.2 Å². The standard InChI is InChI=1S/C15H15ClF2O2/c16-11-3-1-2-10-8-12(20-14(10)11)13(19)9-4-6-15(17,18)7-5-9/h1-3,8-9,13,19H,4-7H2. The van der Waals surface area contributed by atoms with Gasteiger partial charge in [0.05, 0.1) is 5.02 Å². The molecule has 0 amide bonds. The van der Waals surface area contributed by atoms with E-state index in [1.807, 2.05) is 6.07 Å². The molecule has 1 aliphatic carbocycles. The molecular formula is C15H15ClF2O2. The van der Waals surface area contributed by atoms with Crippen LogP contribution in [0.5, 0.6) is 0 Å². The van der Waals surface area contributed by atoms with Crippen LogP contribution in [0.25, 0.3) is 11.0 Å². The zero-order valence-electron chi connectivity index (χ0n) is 10.8. The van der Waals surface area contributed by atoms with E-state index < -0.39 is 12.0 Å². The van der Waals surface area contributed by atoms with Gasteiger partial charge < -0.3 is 9.52 Å². The van der Waals surface area contributed by atoms with E-state index in [2.05, 4.69) is 0 Å². The average Bonchev–Trinajstić information content (AvgIpc) is 2.83. The van der Waals surface area contributed by atoms with Crippen LogP contribution < -0.4 is 0 Å². The van der Waals surface area contributed by atoms with Gasteiger partial charge in [0.2, 0.25) is 5.92 Å². The Kier molecular flexibility index (Phi) is 3.46. The predicted molar refractivity (Wildman–Crippen MR) is 73.1 cm³/mol. The van der Waals surface area contributed by atoms with Gasteiger partial charge in [-0.2, -0.15) is 0 Å². The third-order valence-corrected chi connectivity index (χ3v) is 4.31. The Morgan fingerprint density at radius 3 is 2.65 bits per heavy atom. The Hall–Kier alpha value is -1.13. The van der Waals surface area contributed by atoms with Crippen LogP contribution in [0.1, 0.15) is 37.5 Å². The Bertz CT molecular complexity index is 613. The highest BCUT2D eigenvalue weighted by Gasteiger charge is 2.38. The lowest BCUT2D eigenvalue weighted by Crippen LogP contribution is -2.27. The summed E-state index contributed by atoms with van der Waals surface area (Å²) < 4.78 is 31.9. The molecular weight excluding hydrogens is 286 g/mol. The number of rotatable bonds is 2. The minimum atomic E-state index is -2.59. The second-order valence-corrected chi connectivity index (χ2v) is 5.85. The molecule has 1 fully saturated rings. The molecule has 1 aliphatic rings. The average molecular weight is 301 g/mol. The maximum Gasteiger partial charge on any atom is 0.248 e. The third kappa shape index (κ3) is 2.54. The Labute approximate surface area is 120 Å². The van der Waals surface area contributed by atoms with Gasteiger partial charge in [-0.25, -0.2) is 8.78 Å². The van der Waals surface area contributed by atoms with Gasteiger partial charge in [0.15, 0.2) is 5.58 Å². The van der Waals surface area contributed by atoms with E-state index in [1.54, 1.807) is 18.2 Å². The molecule has 1 aromatic heterocycles. The van der Waals surface area contributed by atoms with Crippen LogP contribution >= 0.6 is 11.6 Å². The molecule has 1 aromatic carbocycles. The molecule has 2 aromatic rings. The summed E-state index contributed by atoms with van der Waals surface area (Å²) in [7, 11) is 0. The highest BCUT2D eigenvalue weighted by Crippen LogP contribution is 2.42. The molecule has 5 heteroatoms. The first-order valence-corrected chi connectivity index (χ1v) is 7.08. The van der Waals surface area contributed by atoms with Gasteiger partial charge >= 0.3 is 0 Å². The first-order chi connectivity index (χ1) is 9.46. The van der Waals surface area contributed by atoms with Crippen molar-refractivity contribution in [3.8, 4) is 0 Å². The highest BCUT2D eigenvalue weighted by atomic mass is 35.5. The summed E-state index contributed by atoms with van der Waals surface area (Å²) in [6.07, 6.45) is -0.585. The lowest BCUT2D eigenvalue weighted by Gasteiger charge is -2.30. The molecule has 2 nitrogen and oxygen atoms in total. The number of benzene rings is 1. The van der Waals surface area contributed by atoms with Crippen LogP contribution in [0.15, 0.2) is 28.7 Å². The molecule has 108 valence electrons. The summed E-state index contributed by atoms with van der Waals surface area (Å²) in [5, 5.41) is 11.6. The Balaban J connectivity index is 1.82. The van der Waals surface area contributed by atoms with Crippen LogP contribution in [0.3, 0.4) is 0 Å². The minimum absolute atomic E-state index is 0.171. The predicted octanol–water partition coefficient (Wildman–Crippen LogP) is 4.95. The fourth-order valence-corrected chi connectivity index (χ4v) is 3.02. The van der Waals surface area contributed by atoms with Crippen LogP contribution in [-0.4, -0.2) is 11.0 Å².